The molecule has 1 aromatic heterocycles. The number of hydrogen-bond donors (Lipinski definition) is 1. The highest BCUT2D eigenvalue weighted by molar-refractivity contribution is 5.88. The molecule has 1 aromatic carbocycles. The van der Waals surface area contributed by atoms with Crippen molar-refractivity contribution in [3.63, 3.8) is 0 Å². The van der Waals surface area contributed by atoms with E-state index in [2.05, 4.69) is 10.3 Å². The quantitative estimate of drug-likeness (QED) is 0.935. The van der Waals surface area contributed by atoms with E-state index < -0.39 is 5.41 Å². The molecule has 0 saturated carbocycles. The number of ether oxygens (including phenoxy) is 1. The average molecular weight is 332 g/mol. The van der Waals surface area contributed by atoms with Crippen molar-refractivity contribution in [2.24, 2.45) is 0 Å². The number of carbonyl (C=O) groups is 1. The molecule has 0 radical (unpaired) electrons. The number of aryl methyl sites for hydroxylation is 2. The number of carbonyl (C=O) groups excluding carboxylic acids is 1. The molecule has 0 aliphatic carbocycles. The van der Waals surface area contributed by atoms with Crippen molar-refractivity contribution >= 4 is 5.91 Å². The van der Waals surface area contributed by atoms with Crippen molar-refractivity contribution in [2.45, 2.75) is 38.6 Å². The molecule has 2 aromatic rings. The van der Waals surface area contributed by atoms with Gasteiger partial charge in [0, 0.05) is 13.2 Å². The molecule has 1 aliphatic rings. The van der Waals surface area contributed by atoms with Gasteiger partial charge in [-0.05, 0) is 44.4 Å². The molecule has 3 rings (SSSR count). The highest BCUT2D eigenvalue weighted by atomic mass is 19.1. The Balaban J connectivity index is 1.80. The van der Waals surface area contributed by atoms with Gasteiger partial charge in [0.2, 0.25) is 11.8 Å². The number of nitrogens with one attached hydrogen (secondary N) is 1. The lowest BCUT2D eigenvalue weighted by molar-refractivity contribution is -0.130. The number of benzene rings is 1. The first-order valence-electron chi connectivity index (χ1n) is 8.06. The van der Waals surface area contributed by atoms with Gasteiger partial charge in [-0.25, -0.2) is 9.37 Å². The molecule has 0 bridgehead atoms. The summed E-state index contributed by atoms with van der Waals surface area (Å²) in [4.78, 5) is 17.2. The second kappa shape index (κ2) is 6.73. The van der Waals surface area contributed by atoms with Gasteiger partial charge in [0.25, 0.3) is 0 Å². The third kappa shape index (κ3) is 3.19. The van der Waals surface area contributed by atoms with Gasteiger partial charge < -0.3 is 14.5 Å². The van der Waals surface area contributed by atoms with Gasteiger partial charge in [-0.2, -0.15) is 0 Å². The van der Waals surface area contributed by atoms with Crippen LogP contribution >= 0.6 is 0 Å². The summed E-state index contributed by atoms with van der Waals surface area (Å²) in [5, 5.41) is 2.92. The van der Waals surface area contributed by atoms with E-state index in [1.54, 1.807) is 12.1 Å². The molecule has 1 fully saturated rings. The maximum absolute atomic E-state index is 13.2. The average Bonchev–Trinajstić information content (AvgIpc) is 2.92. The van der Waals surface area contributed by atoms with Crippen LogP contribution in [0.5, 0.6) is 0 Å². The van der Waals surface area contributed by atoms with Crippen LogP contribution in [0.15, 0.2) is 28.7 Å². The Morgan fingerprint density at radius 2 is 1.92 bits per heavy atom. The SMILES string of the molecule is Cc1nc(CNC(=O)C2(c3ccc(F)cc3)CCOCC2)oc1C. The van der Waals surface area contributed by atoms with Crippen LogP contribution in [-0.2, 0) is 21.5 Å². The Morgan fingerprint density at radius 3 is 2.50 bits per heavy atom. The Kier molecular flexibility index (Phi) is 4.66. The van der Waals surface area contributed by atoms with Crippen LogP contribution in [0.3, 0.4) is 0 Å². The van der Waals surface area contributed by atoms with Crippen LogP contribution in [0.4, 0.5) is 4.39 Å². The Labute approximate surface area is 140 Å². The molecule has 1 amide bonds. The maximum atomic E-state index is 13.2. The fourth-order valence-electron chi connectivity index (χ4n) is 3.08. The van der Waals surface area contributed by atoms with Crippen LogP contribution in [-0.4, -0.2) is 24.1 Å². The van der Waals surface area contributed by atoms with E-state index >= 15 is 0 Å². The van der Waals surface area contributed by atoms with Crippen molar-refractivity contribution in [3.8, 4) is 0 Å². The Hall–Kier alpha value is -2.21. The molecule has 1 aliphatic heterocycles. The zero-order valence-electron chi connectivity index (χ0n) is 13.9. The van der Waals surface area contributed by atoms with Gasteiger partial charge in [-0.15, -0.1) is 0 Å². The first kappa shape index (κ1) is 16.6. The topological polar surface area (TPSA) is 64.4 Å². The lowest BCUT2D eigenvalue weighted by Gasteiger charge is -2.36. The van der Waals surface area contributed by atoms with Crippen molar-refractivity contribution in [2.75, 3.05) is 13.2 Å². The van der Waals surface area contributed by atoms with Gasteiger partial charge >= 0.3 is 0 Å². The zero-order chi connectivity index (χ0) is 17.2. The van der Waals surface area contributed by atoms with Gasteiger partial charge in [0.15, 0.2) is 0 Å². The normalized spacial score (nSPS) is 16.8. The lowest BCUT2D eigenvalue weighted by atomic mass is 9.73. The smallest absolute Gasteiger partial charge is 0.231 e. The second-order valence-corrected chi connectivity index (χ2v) is 6.13. The Morgan fingerprint density at radius 1 is 1.25 bits per heavy atom. The van der Waals surface area contributed by atoms with E-state index in [9.17, 15) is 9.18 Å². The van der Waals surface area contributed by atoms with Crippen molar-refractivity contribution in [1.82, 2.24) is 10.3 Å². The molecule has 1 N–H and O–H groups in total. The second-order valence-electron chi connectivity index (χ2n) is 6.13. The van der Waals surface area contributed by atoms with Crippen LogP contribution in [0, 0.1) is 19.7 Å². The van der Waals surface area contributed by atoms with E-state index in [1.165, 1.54) is 12.1 Å². The summed E-state index contributed by atoms with van der Waals surface area (Å²) in [6.45, 7) is 4.94. The van der Waals surface area contributed by atoms with Gasteiger partial charge in [0.05, 0.1) is 17.7 Å². The third-order valence-electron chi connectivity index (χ3n) is 4.65. The summed E-state index contributed by atoms with van der Waals surface area (Å²) in [5.74, 6) is 0.816. The summed E-state index contributed by atoms with van der Waals surface area (Å²) in [5.41, 5.74) is 0.922. The van der Waals surface area contributed by atoms with Crippen LogP contribution in [0.2, 0.25) is 0 Å². The fraction of sp³-hybridized carbons (Fsp3) is 0.444. The molecule has 24 heavy (non-hydrogen) atoms. The number of halogens is 1. The van der Waals surface area contributed by atoms with E-state index in [0.29, 0.717) is 31.9 Å². The Bertz CT molecular complexity index is 699. The van der Waals surface area contributed by atoms with Gasteiger partial charge in [0.1, 0.15) is 11.6 Å². The molecule has 2 heterocycles. The largest absolute Gasteiger partial charge is 0.444 e. The highest BCUT2D eigenvalue weighted by Gasteiger charge is 2.41. The van der Waals surface area contributed by atoms with E-state index in [4.69, 9.17) is 9.15 Å². The fourth-order valence-corrected chi connectivity index (χ4v) is 3.08. The summed E-state index contributed by atoms with van der Waals surface area (Å²) < 4.78 is 24.2. The summed E-state index contributed by atoms with van der Waals surface area (Å²) in [7, 11) is 0. The number of aromatic nitrogens is 1. The monoisotopic (exact) mass is 332 g/mol. The van der Waals surface area contributed by atoms with Crippen LogP contribution < -0.4 is 5.32 Å². The number of oxazole rings is 1. The third-order valence-corrected chi connectivity index (χ3v) is 4.65. The van der Waals surface area contributed by atoms with Crippen molar-refractivity contribution in [3.05, 3.63) is 53.0 Å². The molecular formula is C18H21FN2O3. The first-order valence-corrected chi connectivity index (χ1v) is 8.06. The summed E-state index contributed by atoms with van der Waals surface area (Å²) in [6.07, 6.45) is 1.13. The van der Waals surface area contributed by atoms with Crippen LogP contribution in [0.25, 0.3) is 0 Å². The van der Waals surface area contributed by atoms with E-state index in [-0.39, 0.29) is 18.3 Å². The minimum Gasteiger partial charge on any atom is -0.444 e. The first-order chi connectivity index (χ1) is 11.5. The van der Waals surface area contributed by atoms with Crippen LogP contribution in [0.1, 0.15) is 35.7 Å². The van der Waals surface area contributed by atoms with E-state index in [0.717, 1.165) is 17.0 Å². The van der Waals surface area contributed by atoms with Crippen molar-refractivity contribution in [1.29, 1.82) is 0 Å². The molecule has 0 spiro atoms. The van der Waals surface area contributed by atoms with Gasteiger partial charge in [-0.3, -0.25) is 4.79 Å². The maximum Gasteiger partial charge on any atom is 0.231 e. The minimum atomic E-state index is -0.706. The number of nitrogens with zero attached hydrogens (tertiary/aromatic N) is 1. The van der Waals surface area contributed by atoms with Gasteiger partial charge in [-0.1, -0.05) is 12.1 Å². The molecule has 6 heteroatoms. The summed E-state index contributed by atoms with van der Waals surface area (Å²) >= 11 is 0. The van der Waals surface area contributed by atoms with Crippen molar-refractivity contribution < 1.29 is 18.3 Å². The predicted octanol–water partition coefficient (Wildman–Crippen LogP) is 2.80. The molecule has 0 atom stereocenters. The molecule has 128 valence electrons. The number of rotatable bonds is 4. The molecular weight excluding hydrogens is 311 g/mol. The highest BCUT2D eigenvalue weighted by Crippen LogP contribution is 2.35. The molecule has 5 nitrogen and oxygen atoms in total. The standard InChI is InChI=1S/C18H21FN2O3/c1-12-13(2)24-16(21-12)11-20-17(22)18(7-9-23-10-8-18)14-3-5-15(19)6-4-14/h3-6H,7-11H2,1-2H3,(H,20,22). The minimum absolute atomic E-state index is 0.106. The van der Waals surface area contributed by atoms with E-state index in [1.807, 2.05) is 13.8 Å². The zero-order valence-corrected chi connectivity index (χ0v) is 13.9. The molecule has 1 saturated heterocycles. The number of amides is 1. The predicted molar refractivity (Wildman–Crippen MR) is 86.0 cm³/mol. The lowest BCUT2D eigenvalue weighted by Crippen LogP contribution is -2.47. The number of hydrogen-bond acceptors (Lipinski definition) is 4. The molecule has 0 unspecified atom stereocenters. The summed E-state index contributed by atoms with van der Waals surface area (Å²) in [6, 6.07) is 6.14.